The molecule has 0 aliphatic carbocycles. The van der Waals surface area contributed by atoms with Crippen LogP contribution in [0.5, 0.6) is 0 Å². The van der Waals surface area contributed by atoms with Crippen molar-refractivity contribution < 1.29 is 0 Å². The van der Waals surface area contributed by atoms with E-state index in [1.807, 2.05) is 12.1 Å². The van der Waals surface area contributed by atoms with Crippen molar-refractivity contribution in [2.45, 2.75) is 33.4 Å². The predicted octanol–water partition coefficient (Wildman–Crippen LogP) is 3.29. The van der Waals surface area contributed by atoms with E-state index in [4.69, 9.17) is 4.99 Å². The summed E-state index contributed by atoms with van der Waals surface area (Å²) in [7, 11) is 0. The van der Waals surface area contributed by atoms with Crippen LogP contribution >= 0.6 is 0 Å². The number of H-pyrrole nitrogens is 1. The van der Waals surface area contributed by atoms with E-state index in [0.29, 0.717) is 6.54 Å². The zero-order valence-corrected chi connectivity index (χ0v) is 15.9. The van der Waals surface area contributed by atoms with Crippen LogP contribution in [0.2, 0.25) is 0 Å². The van der Waals surface area contributed by atoms with Crippen LogP contribution < -0.4 is 10.6 Å². The van der Waals surface area contributed by atoms with Crippen molar-refractivity contribution in [2.24, 2.45) is 4.99 Å². The Morgan fingerprint density at radius 3 is 2.63 bits per heavy atom. The quantitative estimate of drug-likeness (QED) is 0.445. The summed E-state index contributed by atoms with van der Waals surface area (Å²) in [5.41, 5.74) is 4.80. The first-order valence-electron chi connectivity index (χ1n) is 9.33. The molecule has 1 heterocycles. The Bertz CT molecular complexity index is 870. The summed E-state index contributed by atoms with van der Waals surface area (Å²) < 4.78 is 0. The SMILES string of the molecule is CCNC(=NCc1cccc(-c2ncn[nH]2)c1)NCc1ccccc1CC. The van der Waals surface area contributed by atoms with Crippen molar-refractivity contribution >= 4 is 5.96 Å². The average Bonchev–Trinajstić information content (AvgIpc) is 3.25. The number of aryl methyl sites for hydroxylation is 1. The third-order valence-corrected chi connectivity index (χ3v) is 4.32. The van der Waals surface area contributed by atoms with Gasteiger partial charge in [-0.2, -0.15) is 5.10 Å². The molecule has 0 unspecified atom stereocenters. The summed E-state index contributed by atoms with van der Waals surface area (Å²) >= 11 is 0. The molecule has 3 N–H and O–H groups in total. The van der Waals surface area contributed by atoms with Crippen LogP contribution in [0, 0.1) is 0 Å². The smallest absolute Gasteiger partial charge is 0.191 e. The lowest BCUT2D eigenvalue weighted by Gasteiger charge is -2.13. The first-order chi connectivity index (χ1) is 13.3. The summed E-state index contributed by atoms with van der Waals surface area (Å²) in [5.74, 6) is 1.58. The molecule has 140 valence electrons. The van der Waals surface area contributed by atoms with Gasteiger partial charge in [-0.1, -0.05) is 49.4 Å². The van der Waals surface area contributed by atoms with Crippen molar-refractivity contribution in [1.29, 1.82) is 0 Å². The van der Waals surface area contributed by atoms with Gasteiger partial charge in [0.15, 0.2) is 11.8 Å². The van der Waals surface area contributed by atoms with E-state index in [9.17, 15) is 0 Å². The Hall–Kier alpha value is -3.15. The number of aromatic nitrogens is 3. The van der Waals surface area contributed by atoms with E-state index in [1.54, 1.807) is 0 Å². The molecule has 0 saturated carbocycles. The Balaban J connectivity index is 1.68. The highest BCUT2D eigenvalue weighted by atomic mass is 15.2. The second-order valence-electron chi connectivity index (χ2n) is 6.21. The third-order valence-electron chi connectivity index (χ3n) is 4.32. The highest BCUT2D eigenvalue weighted by Crippen LogP contribution is 2.16. The summed E-state index contributed by atoms with van der Waals surface area (Å²) in [6.45, 7) is 6.42. The molecular formula is C21H26N6. The maximum Gasteiger partial charge on any atom is 0.191 e. The molecule has 1 aromatic heterocycles. The van der Waals surface area contributed by atoms with Gasteiger partial charge in [-0.05, 0) is 36.1 Å². The molecule has 0 amide bonds. The van der Waals surface area contributed by atoms with Crippen molar-refractivity contribution in [2.75, 3.05) is 6.54 Å². The lowest BCUT2D eigenvalue weighted by molar-refractivity contribution is 0.809. The van der Waals surface area contributed by atoms with Gasteiger partial charge in [-0.15, -0.1) is 0 Å². The van der Waals surface area contributed by atoms with E-state index in [-0.39, 0.29) is 0 Å². The fourth-order valence-electron chi connectivity index (χ4n) is 2.93. The highest BCUT2D eigenvalue weighted by molar-refractivity contribution is 5.79. The second-order valence-corrected chi connectivity index (χ2v) is 6.21. The number of guanidine groups is 1. The van der Waals surface area contributed by atoms with Crippen LogP contribution in [0.3, 0.4) is 0 Å². The lowest BCUT2D eigenvalue weighted by atomic mass is 10.1. The van der Waals surface area contributed by atoms with Crippen LogP contribution in [0.25, 0.3) is 11.4 Å². The zero-order valence-electron chi connectivity index (χ0n) is 15.9. The maximum atomic E-state index is 4.72. The fraction of sp³-hybridized carbons (Fsp3) is 0.286. The van der Waals surface area contributed by atoms with Gasteiger partial charge in [0.05, 0.1) is 6.54 Å². The topological polar surface area (TPSA) is 78.0 Å². The maximum absolute atomic E-state index is 4.72. The molecule has 0 atom stereocenters. The molecule has 0 saturated heterocycles. The Kier molecular flexibility index (Phi) is 6.57. The number of hydrogen-bond acceptors (Lipinski definition) is 3. The van der Waals surface area contributed by atoms with Gasteiger partial charge in [0, 0.05) is 18.7 Å². The monoisotopic (exact) mass is 362 g/mol. The van der Waals surface area contributed by atoms with Gasteiger partial charge >= 0.3 is 0 Å². The first-order valence-corrected chi connectivity index (χ1v) is 9.33. The third kappa shape index (κ3) is 5.17. The molecule has 6 heteroatoms. The van der Waals surface area contributed by atoms with Crippen LogP contribution in [0.15, 0.2) is 59.9 Å². The average molecular weight is 362 g/mol. The van der Waals surface area contributed by atoms with Crippen LogP contribution in [-0.4, -0.2) is 27.7 Å². The Labute approximate surface area is 160 Å². The minimum atomic E-state index is 0.590. The molecule has 0 fully saturated rings. The normalized spacial score (nSPS) is 11.4. The number of benzene rings is 2. The number of hydrogen-bond donors (Lipinski definition) is 3. The van der Waals surface area contributed by atoms with Gasteiger partial charge in [-0.3, -0.25) is 5.10 Å². The largest absolute Gasteiger partial charge is 0.357 e. The second kappa shape index (κ2) is 9.52. The molecule has 27 heavy (non-hydrogen) atoms. The van der Waals surface area contributed by atoms with Gasteiger partial charge in [0.25, 0.3) is 0 Å². The van der Waals surface area contributed by atoms with Crippen molar-refractivity contribution in [1.82, 2.24) is 25.8 Å². The van der Waals surface area contributed by atoms with Gasteiger partial charge in [-0.25, -0.2) is 9.98 Å². The molecule has 0 spiro atoms. The van der Waals surface area contributed by atoms with E-state index >= 15 is 0 Å². The number of aromatic amines is 1. The molecule has 0 aliphatic rings. The minimum Gasteiger partial charge on any atom is -0.357 e. The molecule has 3 aromatic rings. The number of nitrogens with zero attached hydrogens (tertiary/aromatic N) is 3. The summed E-state index contributed by atoms with van der Waals surface area (Å²) in [4.78, 5) is 8.93. The van der Waals surface area contributed by atoms with Crippen molar-refractivity contribution in [3.8, 4) is 11.4 Å². The fourth-order valence-corrected chi connectivity index (χ4v) is 2.93. The van der Waals surface area contributed by atoms with E-state index in [2.05, 4.69) is 76.1 Å². The molecule has 3 rings (SSSR count). The minimum absolute atomic E-state index is 0.590. The van der Waals surface area contributed by atoms with E-state index < -0.39 is 0 Å². The standard InChI is InChI=1S/C21H26N6/c1-3-17-9-5-6-10-19(17)14-24-21(22-4-2)23-13-16-8-7-11-18(12-16)20-25-15-26-27-20/h5-12,15H,3-4,13-14H2,1-2H3,(H2,22,23,24)(H,25,26,27). The van der Waals surface area contributed by atoms with Crippen molar-refractivity contribution in [3.63, 3.8) is 0 Å². The summed E-state index contributed by atoms with van der Waals surface area (Å²) in [5, 5.41) is 13.6. The van der Waals surface area contributed by atoms with Gasteiger partial charge in [0.2, 0.25) is 0 Å². The van der Waals surface area contributed by atoms with Gasteiger partial charge < -0.3 is 10.6 Å². The highest BCUT2D eigenvalue weighted by Gasteiger charge is 2.04. The lowest BCUT2D eigenvalue weighted by Crippen LogP contribution is -2.37. The molecule has 2 aromatic carbocycles. The van der Waals surface area contributed by atoms with Crippen LogP contribution in [0.1, 0.15) is 30.5 Å². The van der Waals surface area contributed by atoms with Crippen LogP contribution in [-0.2, 0) is 19.5 Å². The Morgan fingerprint density at radius 2 is 1.89 bits per heavy atom. The number of rotatable bonds is 7. The molecule has 0 radical (unpaired) electrons. The van der Waals surface area contributed by atoms with Crippen molar-refractivity contribution in [3.05, 3.63) is 71.5 Å². The van der Waals surface area contributed by atoms with E-state index in [1.165, 1.54) is 17.5 Å². The molecule has 0 aliphatic heterocycles. The Morgan fingerprint density at radius 1 is 1.04 bits per heavy atom. The first kappa shape index (κ1) is 18.6. The van der Waals surface area contributed by atoms with E-state index in [0.717, 1.165) is 42.4 Å². The predicted molar refractivity (Wildman–Crippen MR) is 109 cm³/mol. The zero-order chi connectivity index (χ0) is 18.9. The van der Waals surface area contributed by atoms with Crippen LogP contribution in [0.4, 0.5) is 0 Å². The number of nitrogens with one attached hydrogen (secondary N) is 3. The number of aliphatic imine (C=N–C) groups is 1. The summed E-state index contributed by atoms with van der Waals surface area (Å²) in [6, 6.07) is 16.7. The molecular weight excluding hydrogens is 336 g/mol. The van der Waals surface area contributed by atoms with Gasteiger partial charge in [0.1, 0.15) is 6.33 Å². The molecule has 6 nitrogen and oxygen atoms in total. The summed E-state index contributed by atoms with van der Waals surface area (Å²) in [6.07, 6.45) is 2.54. The molecule has 0 bridgehead atoms.